The van der Waals surface area contributed by atoms with Gasteiger partial charge in [0.1, 0.15) is 0 Å². The van der Waals surface area contributed by atoms with E-state index in [2.05, 4.69) is 43.4 Å². The van der Waals surface area contributed by atoms with E-state index in [-0.39, 0.29) is 0 Å². The van der Waals surface area contributed by atoms with Crippen LogP contribution in [0.15, 0.2) is 16.6 Å². The Hall–Kier alpha value is -0.630. The first-order valence-electron chi connectivity index (χ1n) is 7.06. The predicted molar refractivity (Wildman–Crippen MR) is 74.6 cm³/mol. The smallest absolute Gasteiger partial charge is 0.0424 e. The number of allylic oxidation sites excluding steroid dienone is 1. The standard InChI is InChI=1S/C15H26N2/c1-12(10-15(3)7-5-9-17-15)13(2)14-6-4-8-16-11-14/h6,11-13,17H,4-5,7-10H2,1-3H3. The Morgan fingerprint density at radius 3 is 2.88 bits per heavy atom. The van der Waals surface area contributed by atoms with Gasteiger partial charge in [-0.2, -0.15) is 0 Å². The number of aliphatic imine (C=N–C) groups is 1. The molecule has 0 aliphatic carbocycles. The Kier molecular flexibility index (Phi) is 4.03. The molecule has 0 amide bonds. The highest BCUT2D eigenvalue weighted by atomic mass is 15.0. The van der Waals surface area contributed by atoms with E-state index in [1.54, 1.807) is 0 Å². The molecule has 2 heteroatoms. The molecule has 3 unspecified atom stereocenters. The Balaban J connectivity index is 1.92. The van der Waals surface area contributed by atoms with Gasteiger partial charge in [0.25, 0.3) is 0 Å². The number of hydrogen-bond acceptors (Lipinski definition) is 2. The lowest BCUT2D eigenvalue weighted by Gasteiger charge is -2.31. The van der Waals surface area contributed by atoms with Crippen LogP contribution in [0.3, 0.4) is 0 Å². The Bertz CT molecular complexity index is 311. The van der Waals surface area contributed by atoms with E-state index in [4.69, 9.17) is 0 Å². The number of nitrogens with one attached hydrogen (secondary N) is 1. The molecule has 0 bridgehead atoms. The van der Waals surface area contributed by atoms with Gasteiger partial charge in [-0.3, -0.25) is 4.99 Å². The molecule has 2 aliphatic rings. The van der Waals surface area contributed by atoms with Crippen LogP contribution in [0.4, 0.5) is 0 Å². The second kappa shape index (κ2) is 5.34. The lowest BCUT2D eigenvalue weighted by Crippen LogP contribution is -2.39. The largest absolute Gasteiger partial charge is 0.312 e. The summed E-state index contributed by atoms with van der Waals surface area (Å²) in [6.07, 6.45) is 9.53. The fourth-order valence-corrected chi connectivity index (χ4v) is 3.18. The van der Waals surface area contributed by atoms with Crippen LogP contribution in [-0.4, -0.2) is 24.8 Å². The average Bonchev–Trinajstić information content (AvgIpc) is 2.76. The molecule has 0 radical (unpaired) electrons. The SMILES string of the molecule is CC(CC1(C)CCCN1)C(C)C1=CCCN=C1. The first kappa shape index (κ1) is 12.8. The molecule has 2 nitrogen and oxygen atoms in total. The molecule has 0 aromatic heterocycles. The summed E-state index contributed by atoms with van der Waals surface area (Å²) in [5.41, 5.74) is 1.82. The molecule has 1 saturated heterocycles. The minimum absolute atomic E-state index is 0.375. The molecule has 96 valence electrons. The molecular formula is C15H26N2. The van der Waals surface area contributed by atoms with Crippen LogP contribution < -0.4 is 5.32 Å². The van der Waals surface area contributed by atoms with E-state index < -0.39 is 0 Å². The van der Waals surface area contributed by atoms with Crippen molar-refractivity contribution < 1.29 is 0 Å². The molecular weight excluding hydrogens is 208 g/mol. The third-order valence-electron chi connectivity index (χ3n) is 4.49. The van der Waals surface area contributed by atoms with Gasteiger partial charge in [0.15, 0.2) is 0 Å². The van der Waals surface area contributed by atoms with Crippen LogP contribution in [0.5, 0.6) is 0 Å². The van der Waals surface area contributed by atoms with E-state index in [0.29, 0.717) is 11.5 Å². The van der Waals surface area contributed by atoms with Crippen LogP contribution in [0.2, 0.25) is 0 Å². The molecule has 0 saturated carbocycles. The van der Waals surface area contributed by atoms with Gasteiger partial charge >= 0.3 is 0 Å². The normalized spacial score (nSPS) is 32.3. The summed E-state index contributed by atoms with van der Waals surface area (Å²) in [5.74, 6) is 1.36. The predicted octanol–water partition coefficient (Wildman–Crippen LogP) is 3.19. The van der Waals surface area contributed by atoms with Gasteiger partial charge < -0.3 is 5.32 Å². The van der Waals surface area contributed by atoms with Gasteiger partial charge in [-0.15, -0.1) is 0 Å². The zero-order chi connectivity index (χ0) is 12.3. The zero-order valence-corrected chi connectivity index (χ0v) is 11.5. The monoisotopic (exact) mass is 234 g/mol. The van der Waals surface area contributed by atoms with Crippen LogP contribution in [0.25, 0.3) is 0 Å². The average molecular weight is 234 g/mol. The highest BCUT2D eigenvalue weighted by Crippen LogP contribution is 2.32. The molecule has 2 rings (SSSR count). The minimum Gasteiger partial charge on any atom is -0.312 e. The zero-order valence-electron chi connectivity index (χ0n) is 11.5. The van der Waals surface area contributed by atoms with E-state index in [0.717, 1.165) is 18.9 Å². The highest BCUT2D eigenvalue weighted by Gasteiger charge is 2.31. The Labute approximate surface area is 106 Å². The van der Waals surface area contributed by atoms with E-state index in [9.17, 15) is 0 Å². The van der Waals surface area contributed by atoms with Gasteiger partial charge in [0, 0.05) is 18.3 Å². The van der Waals surface area contributed by atoms with E-state index in [1.807, 2.05) is 0 Å². The molecule has 1 N–H and O–H groups in total. The van der Waals surface area contributed by atoms with Gasteiger partial charge in [0.05, 0.1) is 0 Å². The van der Waals surface area contributed by atoms with Gasteiger partial charge in [-0.05, 0) is 56.6 Å². The van der Waals surface area contributed by atoms with Crippen LogP contribution in [0, 0.1) is 11.8 Å². The maximum Gasteiger partial charge on any atom is 0.0424 e. The van der Waals surface area contributed by atoms with Crippen molar-refractivity contribution >= 4 is 6.21 Å². The van der Waals surface area contributed by atoms with Crippen molar-refractivity contribution in [2.45, 2.75) is 52.0 Å². The lowest BCUT2D eigenvalue weighted by atomic mass is 9.79. The summed E-state index contributed by atoms with van der Waals surface area (Å²) < 4.78 is 0. The second-order valence-corrected chi connectivity index (χ2v) is 6.09. The molecule has 17 heavy (non-hydrogen) atoms. The van der Waals surface area contributed by atoms with Crippen molar-refractivity contribution in [3.63, 3.8) is 0 Å². The molecule has 0 aromatic rings. The first-order chi connectivity index (χ1) is 8.11. The summed E-state index contributed by atoms with van der Waals surface area (Å²) in [4.78, 5) is 4.40. The number of dihydropyridines is 1. The van der Waals surface area contributed by atoms with Crippen molar-refractivity contribution in [1.82, 2.24) is 5.32 Å². The van der Waals surface area contributed by atoms with Crippen LogP contribution in [-0.2, 0) is 0 Å². The quantitative estimate of drug-likeness (QED) is 0.793. The lowest BCUT2D eigenvalue weighted by molar-refractivity contribution is 0.283. The van der Waals surface area contributed by atoms with E-state index >= 15 is 0 Å². The van der Waals surface area contributed by atoms with Crippen molar-refractivity contribution in [1.29, 1.82) is 0 Å². The van der Waals surface area contributed by atoms with Crippen molar-refractivity contribution in [2.75, 3.05) is 13.1 Å². The molecule has 1 fully saturated rings. The molecule has 3 atom stereocenters. The van der Waals surface area contributed by atoms with Gasteiger partial charge in [0.2, 0.25) is 0 Å². The maximum absolute atomic E-state index is 4.40. The second-order valence-electron chi connectivity index (χ2n) is 6.09. The van der Waals surface area contributed by atoms with Gasteiger partial charge in [-0.25, -0.2) is 0 Å². The van der Waals surface area contributed by atoms with E-state index in [1.165, 1.54) is 31.4 Å². The molecule has 2 aliphatic heterocycles. The van der Waals surface area contributed by atoms with Crippen molar-refractivity contribution in [2.24, 2.45) is 16.8 Å². The fourth-order valence-electron chi connectivity index (χ4n) is 3.18. The number of rotatable bonds is 4. The maximum atomic E-state index is 4.40. The van der Waals surface area contributed by atoms with Crippen LogP contribution in [0.1, 0.15) is 46.5 Å². The Morgan fingerprint density at radius 1 is 1.47 bits per heavy atom. The topological polar surface area (TPSA) is 24.4 Å². The summed E-state index contributed by atoms with van der Waals surface area (Å²) in [5, 5.41) is 3.67. The number of nitrogens with zero attached hydrogens (tertiary/aromatic N) is 1. The molecule has 2 heterocycles. The number of hydrogen-bond donors (Lipinski definition) is 1. The summed E-state index contributed by atoms with van der Waals surface area (Å²) >= 11 is 0. The third-order valence-corrected chi connectivity index (χ3v) is 4.49. The Morgan fingerprint density at radius 2 is 2.29 bits per heavy atom. The molecule has 0 aromatic carbocycles. The fraction of sp³-hybridized carbons (Fsp3) is 0.800. The highest BCUT2D eigenvalue weighted by molar-refractivity contribution is 5.79. The third kappa shape index (κ3) is 3.19. The minimum atomic E-state index is 0.375. The molecule has 0 spiro atoms. The van der Waals surface area contributed by atoms with Crippen LogP contribution >= 0.6 is 0 Å². The first-order valence-corrected chi connectivity index (χ1v) is 7.06. The van der Waals surface area contributed by atoms with Gasteiger partial charge in [-0.1, -0.05) is 19.9 Å². The van der Waals surface area contributed by atoms with Crippen molar-refractivity contribution in [3.05, 3.63) is 11.6 Å². The summed E-state index contributed by atoms with van der Waals surface area (Å²) in [6.45, 7) is 9.30. The van der Waals surface area contributed by atoms with Crippen molar-refractivity contribution in [3.8, 4) is 0 Å². The summed E-state index contributed by atoms with van der Waals surface area (Å²) in [6, 6.07) is 0. The summed E-state index contributed by atoms with van der Waals surface area (Å²) in [7, 11) is 0.